The third-order valence-corrected chi connectivity index (χ3v) is 6.46. The monoisotopic (exact) mass is 403 g/mol. The number of rotatable bonds is 2. The zero-order chi connectivity index (χ0) is 12.7. The fourth-order valence-corrected chi connectivity index (χ4v) is 5.78. The molecule has 0 N–H and O–H groups in total. The Balaban J connectivity index is 2.13. The van der Waals surface area contributed by atoms with Crippen molar-refractivity contribution in [3.63, 3.8) is 0 Å². The van der Waals surface area contributed by atoms with Crippen LogP contribution in [0.1, 0.15) is 11.1 Å². The maximum absolute atomic E-state index is 3.85. The third-order valence-electron chi connectivity index (χ3n) is 2.94. The van der Waals surface area contributed by atoms with Crippen LogP contribution in [-0.4, -0.2) is 11.4 Å². The zero-order valence-electron chi connectivity index (χ0n) is 9.58. The molecule has 3 rings (SSSR count). The van der Waals surface area contributed by atoms with E-state index in [1.54, 1.807) is 0 Å². The van der Waals surface area contributed by atoms with Gasteiger partial charge in [0.25, 0.3) is 0 Å². The molecule has 94 valence electrons. The molecule has 5 heteroatoms. The minimum Gasteiger partial charge on any atom is -0.291 e. The first-order valence-corrected chi connectivity index (χ1v) is 8.79. The molecule has 0 saturated carbocycles. The predicted octanol–water partition coefficient (Wildman–Crippen LogP) is 5.50. The summed E-state index contributed by atoms with van der Waals surface area (Å²) in [5.74, 6) is 0. The molecule has 2 aromatic rings. The molecule has 0 radical (unpaired) electrons. The molecular formula is C13H11Br2NS2. The molecule has 1 aliphatic rings. The molecule has 0 fully saturated rings. The van der Waals surface area contributed by atoms with E-state index in [0.29, 0.717) is 0 Å². The summed E-state index contributed by atoms with van der Waals surface area (Å²) in [5, 5.41) is 0. The second kappa shape index (κ2) is 5.21. The van der Waals surface area contributed by atoms with Crippen molar-refractivity contribution in [1.82, 2.24) is 4.90 Å². The van der Waals surface area contributed by atoms with Gasteiger partial charge in [0.15, 0.2) is 0 Å². The fourth-order valence-electron chi connectivity index (χ4n) is 2.26. The van der Waals surface area contributed by atoms with Crippen LogP contribution in [0, 0.1) is 0 Å². The number of hydrogen-bond acceptors (Lipinski definition) is 3. The molecule has 0 unspecified atom stereocenters. The SMILES string of the molecule is C=CCN1Cc2cc(Br)sc2-c2sc(Br)cc2C1. The second-order valence-corrected chi connectivity index (χ2v) is 9.13. The van der Waals surface area contributed by atoms with Gasteiger partial charge in [0.05, 0.1) is 17.3 Å². The summed E-state index contributed by atoms with van der Waals surface area (Å²) < 4.78 is 2.42. The van der Waals surface area contributed by atoms with Crippen LogP contribution in [0.15, 0.2) is 32.4 Å². The van der Waals surface area contributed by atoms with E-state index >= 15 is 0 Å². The van der Waals surface area contributed by atoms with Gasteiger partial charge in [0, 0.05) is 19.6 Å². The Morgan fingerprint density at radius 1 is 1.11 bits per heavy atom. The van der Waals surface area contributed by atoms with E-state index in [2.05, 4.69) is 55.5 Å². The molecular weight excluding hydrogens is 394 g/mol. The lowest BCUT2D eigenvalue weighted by Crippen LogP contribution is -2.21. The second-order valence-electron chi connectivity index (χ2n) is 4.27. The molecule has 0 amide bonds. The van der Waals surface area contributed by atoms with E-state index in [-0.39, 0.29) is 0 Å². The smallest absolute Gasteiger partial charge is 0.0708 e. The summed E-state index contributed by atoms with van der Waals surface area (Å²) in [6, 6.07) is 4.50. The summed E-state index contributed by atoms with van der Waals surface area (Å²) in [5.41, 5.74) is 2.84. The van der Waals surface area contributed by atoms with Gasteiger partial charge >= 0.3 is 0 Å². The lowest BCUT2D eigenvalue weighted by Gasteiger charge is -2.17. The Hall–Kier alpha value is 0.0600. The standard InChI is InChI=1S/C13H11Br2NS2/c1-2-3-16-6-8-4-10(14)17-12(8)13-9(7-16)5-11(15)18-13/h2,4-5H,1,3,6-7H2. The quantitative estimate of drug-likeness (QED) is 0.597. The minimum atomic E-state index is 0.930. The number of halogens is 2. The Bertz CT molecular complexity index is 552. The average molecular weight is 405 g/mol. The van der Waals surface area contributed by atoms with Crippen LogP contribution in [0.4, 0.5) is 0 Å². The highest BCUT2D eigenvalue weighted by molar-refractivity contribution is 9.11. The highest BCUT2D eigenvalue weighted by atomic mass is 79.9. The number of nitrogens with zero attached hydrogens (tertiary/aromatic N) is 1. The van der Waals surface area contributed by atoms with Gasteiger partial charge in [-0.3, -0.25) is 4.90 Å². The van der Waals surface area contributed by atoms with Crippen molar-refractivity contribution in [2.45, 2.75) is 13.1 Å². The molecule has 0 atom stereocenters. The maximum atomic E-state index is 3.85. The summed E-state index contributed by atoms with van der Waals surface area (Å²) >= 11 is 10.9. The number of fused-ring (bicyclic) bond motifs is 3. The molecule has 18 heavy (non-hydrogen) atoms. The lowest BCUT2D eigenvalue weighted by atomic mass is 10.2. The normalized spacial score (nSPS) is 15.0. The minimum absolute atomic E-state index is 0.930. The van der Waals surface area contributed by atoms with Crippen molar-refractivity contribution in [3.8, 4) is 9.75 Å². The van der Waals surface area contributed by atoms with E-state index in [9.17, 15) is 0 Å². The average Bonchev–Trinajstić information content (AvgIpc) is 2.80. The van der Waals surface area contributed by atoms with Crippen LogP contribution in [0.25, 0.3) is 9.75 Å². The predicted molar refractivity (Wildman–Crippen MR) is 87.3 cm³/mol. The van der Waals surface area contributed by atoms with Gasteiger partial charge in [0.1, 0.15) is 0 Å². The van der Waals surface area contributed by atoms with Crippen molar-refractivity contribution in [2.75, 3.05) is 6.54 Å². The van der Waals surface area contributed by atoms with E-state index in [0.717, 1.165) is 19.6 Å². The molecule has 0 spiro atoms. The molecule has 1 aliphatic heterocycles. The third kappa shape index (κ3) is 2.39. The fraction of sp³-hybridized carbons (Fsp3) is 0.231. The van der Waals surface area contributed by atoms with Crippen molar-refractivity contribution in [3.05, 3.63) is 43.5 Å². The molecule has 1 nitrogen and oxygen atoms in total. The Kier molecular flexibility index (Phi) is 3.78. The van der Waals surface area contributed by atoms with Crippen LogP contribution in [0.2, 0.25) is 0 Å². The van der Waals surface area contributed by atoms with Gasteiger partial charge < -0.3 is 0 Å². The zero-order valence-corrected chi connectivity index (χ0v) is 14.4. The van der Waals surface area contributed by atoms with Crippen molar-refractivity contribution < 1.29 is 0 Å². The molecule has 0 aliphatic carbocycles. The van der Waals surface area contributed by atoms with Crippen LogP contribution >= 0.6 is 54.5 Å². The molecule has 0 saturated heterocycles. The van der Waals surface area contributed by atoms with Crippen molar-refractivity contribution in [2.24, 2.45) is 0 Å². The highest BCUT2D eigenvalue weighted by Gasteiger charge is 2.23. The van der Waals surface area contributed by atoms with Gasteiger partial charge in [-0.15, -0.1) is 29.3 Å². The largest absolute Gasteiger partial charge is 0.291 e. The van der Waals surface area contributed by atoms with Gasteiger partial charge in [-0.25, -0.2) is 0 Å². The molecule has 3 heterocycles. The Labute approximate surface area is 131 Å². The Morgan fingerprint density at radius 3 is 2.06 bits per heavy atom. The van der Waals surface area contributed by atoms with Crippen LogP contribution in [0.5, 0.6) is 0 Å². The van der Waals surface area contributed by atoms with Gasteiger partial charge in [-0.2, -0.15) is 0 Å². The van der Waals surface area contributed by atoms with Crippen molar-refractivity contribution >= 4 is 54.5 Å². The van der Waals surface area contributed by atoms with Gasteiger partial charge in [-0.05, 0) is 55.1 Å². The summed E-state index contributed by atoms with van der Waals surface area (Å²) in [6.07, 6.45) is 1.98. The molecule has 0 bridgehead atoms. The van der Waals surface area contributed by atoms with E-state index in [1.807, 2.05) is 28.7 Å². The summed E-state index contributed by atoms with van der Waals surface area (Å²) in [4.78, 5) is 5.26. The van der Waals surface area contributed by atoms with Gasteiger partial charge in [0.2, 0.25) is 0 Å². The van der Waals surface area contributed by atoms with E-state index in [1.165, 1.54) is 28.5 Å². The summed E-state index contributed by atoms with van der Waals surface area (Å²) in [7, 11) is 0. The molecule has 0 aromatic carbocycles. The Morgan fingerprint density at radius 2 is 1.61 bits per heavy atom. The van der Waals surface area contributed by atoms with Crippen molar-refractivity contribution in [1.29, 1.82) is 0 Å². The van der Waals surface area contributed by atoms with E-state index in [4.69, 9.17) is 0 Å². The topological polar surface area (TPSA) is 3.24 Å². The number of thiophene rings is 2. The molecule has 2 aromatic heterocycles. The first-order chi connectivity index (χ1) is 8.67. The first kappa shape index (κ1) is 13.1. The first-order valence-electron chi connectivity index (χ1n) is 5.57. The van der Waals surface area contributed by atoms with Gasteiger partial charge in [-0.1, -0.05) is 6.08 Å². The highest BCUT2D eigenvalue weighted by Crippen LogP contribution is 2.45. The van der Waals surface area contributed by atoms with Crippen LogP contribution in [-0.2, 0) is 13.1 Å². The maximum Gasteiger partial charge on any atom is 0.0708 e. The van der Waals surface area contributed by atoms with E-state index < -0.39 is 0 Å². The van der Waals surface area contributed by atoms with Crippen LogP contribution < -0.4 is 0 Å². The summed E-state index contributed by atoms with van der Waals surface area (Å²) in [6.45, 7) is 6.79. The number of hydrogen-bond donors (Lipinski definition) is 0. The van der Waals surface area contributed by atoms with Crippen LogP contribution in [0.3, 0.4) is 0 Å². The lowest BCUT2D eigenvalue weighted by molar-refractivity contribution is 0.290.